The minimum Gasteiger partial charge on any atom is -0.395 e. The number of rotatable bonds is 2. The lowest BCUT2D eigenvalue weighted by Crippen LogP contribution is -2.27. The number of nitrogens with zero attached hydrogens (tertiary/aromatic N) is 1. The normalized spacial score (nSPS) is 28.4. The van der Waals surface area contributed by atoms with Gasteiger partial charge in [0.25, 0.3) is 0 Å². The van der Waals surface area contributed by atoms with Gasteiger partial charge in [-0.3, -0.25) is 0 Å². The highest BCUT2D eigenvalue weighted by Gasteiger charge is 2.12. The highest BCUT2D eigenvalue weighted by Crippen LogP contribution is 2.15. The van der Waals surface area contributed by atoms with Crippen molar-refractivity contribution in [3.05, 3.63) is 0 Å². The fraction of sp³-hybridized carbons (Fsp3) is 1.00. The lowest BCUT2D eigenvalue weighted by Gasteiger charge is -2.17. The Bertz CT molecular complexity index is 106. The van der Waals surface area contributed by atoms with E-state index in [1.807, 2.05) is 0 Å². The number of hydrogen-bond acceptors (Lipinski definition) is 2. The summed E-state index contributed by atoms with van der Waals surface area (Å²) in [5.74, 6) is 0.888. The Kier molecular flexibility index (Phi) is 3.87. The molecule has 0 aromatic rings. The van der Waals surface area contributed by atoms with Crippen molar-refractivity contribution in [3.8, 4) is 0 Å². The van der Waals surface area contributed by atoms with Crippen LogP contribution in [0.25, 0.3) is 0 Å². The van der Waals surface area contributed by atoms with Gasteiger partial charge >= 0.3 is 0 Å². The van der Waals surface area contributed by atoms with Crippen molar-refractivity contribution in [2.24, 2.45) is 5.92 Å². The van der Waals surface area contributed by atoms with E-state index in [1.54, 1.807) is 0 Å². The van der Waals surface area contributed by atoms with E-state index in [2.05, 4.69) is 11.8 Å². The van der Waals surface area contributed by atoms with Crippen LogP contribution in [0.4, 0.5) is 0 Å². The predicted molar refractivity (Wildman–Crippen MR) is 46.5 cm³/mol. The summed E-state index contributed by atoms with van der Waals surface area (Å²) in [7, 11) is 0. The quantitative estimate of drug-likeness (QED) is 0.649. The molecule has 11 heavy (non-hydrogen) atoms. The van der Waals surface area contributed by atoms with E-state index in [0.717, 1.165) is 12.5 Å². The van der Waals surface area contributed by atoms with E-state index in [-0.39, 0.29) is 0 Å². The van der Waals surface area contributed by atoms with Crippen LogP contribution < -0.4 is 0 Å². The molecule has 0 aromatic heterocycles. The molecule has 1 N–H and O–H groups in total. The van der Waals surface area contributed by atoms with E-state index < -0.39 is 0 Å². The average molecular weight is 157 g/mol. The van der Waals surface area contributed by atoms with Crippen LogP contribution in [0, 0.1) is 5.92 Å². The van der Waals surface area contributed by atoms with Crippen molar-refractivity contribution in [1.29, 1.82) is 0 Å². The third kappa shape index (κ3) is 3.21. The lowest BCUT2D eigenvalue weighted by molar-refractivity contribution is 0.199. The second-order valence-electron chi connectivity index (χ2n) is 3.60. The molecule has 2 heteroatoms. The van der Waals surface area contributed by atoms with Crippen molar-refractivity contribution in [2.45, 2.75) is 26.2 Å². The molecule has 1 atom stereocenters. The van der Waals surface area contributed by atoms with Crippen molar-refractivity contribution in [2.75, 3.05) is 26.2 Å². The molecule has 1 aliphatic heterocycles. The molecule has 0 radical (unpaired) electrons. The predicted octanol–water partition coefficient (Wildman–Crippen LogP) is 1.10. The summed E-state index contributed by atoms with van der Waals surface area (Å²) in [6, 6.07) is 0. The van der Waals surface area contributed by atoms with Gasteiger partial charge in [-0.1, -0.05) is 6.92 Å². The van der Waals surface area contributed by atoms with E-state index in [1.165, 1.54) is 32.4 Å². The van der Waals surface area contributed by atoms with E-state index in [4.69, 9.17) is 5.11 Å². The zero-order chi connectivity index (χ0) is 8.10. The van der Waals surface area contributed by atoms with Gasteiger partial charge in [0.05, 0.1) is 6.61 Å². The fourth-order valence-corrected chi connectivity index (χ4v) is 1.69. The molecule has 0 bridgehead atoms. The second kappa shape index (κ2) is 4.73. The number of β-amino-alcohol motifs (C(OH)–C–C–N with tert-alkyl or cyclic N) is 1. The minimum atomic E-state index is 0.314. The first-order chi connectivity index (χ1) is 5.33. The van der Waals surface area contributed by atoms with E-state index in [0.29, 0.717) is 6.61 Å². The van der Waals surface area contributed by atoms with Gasteiger partial charge in [-0.05, 0) is 38.3 Å². The first kappa shape index (κ1) is 9.01. The SMILES string of the molecule is C[C@H]1CCCN(CCO)CC1. The Morgan fingerprint density at radius 3 is 2.91 bits per heavy atom. The zero-order valence-corrected chi connectivity index (χ0v) is 7.42. The Labute approximate surface area is 69.2 Å². The first-order valence-corrected chi connectivity index (χ1v) is 4.66. The summed E-state index contributed by atoms with van der Waals surface area (Å²) in [6.45, 7) is 5.87. The smallest absolute Gasteiger partial charge is 0.0558 e. The number of hydrogen-bond donors (Lipinski definition) is 1. The van der Waals surface area contributed by atoms with E-state index >= 15 is 0 Å². The van der Waals surface area contributed by atoms with Crippen LogP contribution >= 0.6 is 0 Å². The average Bonchev–Trinajstić information content (AvgIpc) is 2.17. The molecule has 1 saturated heterocycles. The molecule has 0 aliphatic carbocycles. The van der Waals surface area contributed by atoms with Gasteiger partial charge in [0, 0.05) is 6.54 Å². The molecule has 1 fully saturated rings. The maximum absolute atomic E-state index is 8.73. The van der Waals surface area contributed by atoms with Gasteiger partial charge in [-0.15, -0.1) is 0 Å². The first-order valence-electron chi connectivity index (χ1n) is 4.66. The van der Waals surface area contributed by atoms with Crippen LogP contribution in [0.5, 0.6) is 0 Å². The molecule has 1 aliphatic rings. The summed E-state index contributed by atoms with van der Waals surface area (Å²) >= 11 is 0. The molecule has 2 nitrogen and oxygen atoms in total. The summed E-state index contributed by atoms with van der Waals surface area (Å²) in [5.41, 5.74) is 0. The molecule has 0 spiro atoms. The Morgan fingerprint density at radius 2 is 2.18 bits per heavy atom. The maximum Gasteiger partial charge on any atom is 0.0558 e. The molecule has 0 unspecified atom stereocenters. The largest absolute Gasteiger partial charge is 0.395 e. The monoisotopic (exact) mass is 157 g/mol. The molecule has 0 amide bonds. The molecule has 0 aromatic carbocycles. The zero-order valence-electron chi connectivity index (χ0n) is 7.42. The lowest BCUT2D eigenvalue weighted by atomic mass is 10.0. The van der Waals surface area contributed by atoms with Gasteiger partial charge < -0.3 is 10.0 Å². The van der Waals surface area contributed by atoms with Crippen molar-refractivity contribution in [1.82, 2.24) is 4.90 Å². The summed E-state index contributed by atoms with van der Waals surface area (Å²) in [5, 5.41) is 8.73. The van der Waals surface area contributed by atoms with Crippen molar-refractivity contribution < 1.29 is 5.11 Å². The highest BCUT2D eigenvalue weighted by atomic mass is 16.3. The molecule has 1 rings (SSSR count). The van der Waals surface area contributed by atoms with Crippen LogP contribution in [-0.4, -0.2) is 36.2 Å². The topological polar surface area (TPSA) is 23.5 Å². The van der Waals surface area contributed by atoms with Crippen molar-refractivity contribution in [3.63, 3.8) is 0 Å². The number of aliphatic hydroxyl groups excluding tert-OH is 1. The number of aliphatic hydroxyl groups is 1. The Balaban J connectivity index is 2.22. The fourth-order valence-electron chi connectivity index (χ4n) is 1.69. The van der Waals surface area contributed by atoms with Crippen molar-refractivity contribution >= 4 is 0 Å². The van der Waals surface area contributed by atoms with Gasteiger partial charge in [-0.2, -0.15) is 0 Å². The van der Waals surface area contributed by atoms with Crippen LogP contribution in [0.2, 0.25) is 0 Å². The standard InChI is InChI=1S/C9H19NO/c1-9-3-2-5-10(6-4-9)7-8-11/h9,11H,2-8H2,1H3/t9-/m0/s1. The Hall–Kier alpha value is -0.0800. The molecule has 0 saturated carbocycles. The van der Waals surface area contributed by atoms with Gasteiger partial charge in [0.1, 0.15) is 0 Å². The summed E-state index contributed by atoms with van der Waals surface area (Å²) < 4.78 is 0. The van der Waals surface area contributed by atoms with Crippen LogP contribution in [-0.2, 0) is 0 Å². The van der Waals surface area contributed by atoms with E-state index in [9.17, 15) is 0 Å². The molecular weight excluding hydrogens is 138 g/mol. The van der Waals surface area contributed by atoms with Gasteiger partial charge in [-0.25, -0.2) is 0 Å². The molecule has 66 valence electrons. The maximum atomic E-state index is 8.73. The van der Waals surface area contributed by atoms with Crippen LogP contribution in [0.1, 0.15) is 26.2 Å². The Morgan fingerprint density at radius 1 is 1.36 bits per heavy atom. The van der Waals surface area contributed by atoms with Gasteiger partial charge in [0.2, 0.25) is 0 Å². The third-order valence-electron chi connectivity index (χ3n) is 2.53. The van der Waals surface area contributed by atoms with Crippen LogP contribution in [0.15, 0.2) is 0 Å². The molecule has 1 heterocycles. The van der Waals surface area contributed by atoms with Crippen LogP contribution in [0.3, 0.4) is 0 Å². The minimum absolute atomic E-state index is 0.314. The third-order valence-corrected chi connectivity index (χ3v) is 2.53. The highest BCUT2D eigenvalue weighted by molar-refractivity contribution is 4.66. The summed E-state index contributed by atoms with van der Waals surface area (Å²) in [6.07, 6.45) is 3.98. The van der Waals surface area contributed by atoms with Gasteiger partial charge in [0.15, 0.2) is 0 Å². The number of likely N-dealkylation sites (tertiary alicyclic amines) is 1. The second-order valence-corrected chi connectivity index (χ2v) is 3.60. The molecular formula is C9H19NO. The summed E-state index contributed by atoms with van der Waals surface area (Å²) in [4.78, 5) is 2.36.